The molecule has 2 amide bonds. The van der Waals surface area contributed by atoms with Crippen LogP contribution in [0.25, 0.3) is 0 Å². The van der Waals surface area contributed by atoms with Crippen molar-refractivity contribution >= 4 is 24.2 Å². The smallest absolute Gasteiger partial charge is 0.244 e. The third kappa shape index (κ3) is 4.35. The number of rotatable bonds is 3. The second-order valence-corrected chi connectivity index (χ2v) is 5.89. The van der Waals surface area contributed by atoms with Gasteiger partial charge in [0, 0.05) is 25.0 Å². The molecule has 3 atom stereocenters. The van der Waals surface area contributed by atoms with Gasteiger partial charge in [-0.1, -0.05) is 0 Å². The number of likely N-dealkylation sites (tertiary alicyclic amines) is 1. The highest BCUT2D eigenvalue weighted by Gasteiger charge is 2.30. The molecule has 1 aliphatic carbocycles. The van der Waals surface area contributed by atoms with Crippen LogP contribution in [-0.4, -0.2) is 41.9 Å². The zero-order valence-electron chi connectivity index (χ0n) is 12.1. The maximum atomic E-state index is 12.2. The number of carbonyl (C=O) groups is 2. The predicted molar refractivity (Wildman–Crippen MR) is 80.6 cm³/mol. The summed E-state index contributed by atoms with van der Waals surface area (Å²) >= 11 is 0. The number of amides is 2. The first-order chi connectivity index (χ1) is 9.08. The second kappa shape index (κ2) is 7.84. The summed E-state index contributed by atoms with van der Waals surface area (Å²) in [6.07, 6.45) is 5.85. The molecule has 0 bridgehead atoms. The van der Waals surface area contributed by atoms with E-state index >= 15 is 0 Å². The van der Waals surface area contributed by atoms with Gasteiger partial charge in [-0.3, -0.25) is 9.59 Å². The Morgan fingerprint density at radius 2 is 1.85 bits per heavy atom. The Labute approximate surface area is 127 Å². The van der Waals surface area contributed by atoms with Crippen LogP contribution in [0.15, 0.2) is 0 Å². The Hall–Kier alpha value is -0.810. The highest BCUT2D eigenvalue weighted by Crippen LogP contribution is 2.24. The van der Waals surface area contributed by atoms with Crippen LogP contribution in [-0.2, 0) is 9.59 Å². The first-order valence-corrected chi connectivity index (χ1v) is 7.42. The summed E-state index contributed by atoms with van der Waals surface area (Å²) in [5, 5.41) is 2.85. The summed E-state index contributed by atoms with van der Waals surface area (Å²) in [6.45, 7) is 3.43. The van der Waals surface area contributed by atoms with Crippen molar-refractivity contribution in [1.29, 1.82) is 0 Å². The standard InChI is InChI=1S/C14H25N3O2.ClH/c1-10(14(19)17-7-3-2-4-8-17)16-13(18)11-5-6-12(15)9-11;/h10-12H,2-9,15H2,1H3,(H,16,18);1H. The number of carbonyl (C=O) groups excluding carboxylic acids is 2. The quantitative estimate of drug-likeness (QED) is 0.818. The predicted octanol–water partition coefficient (Wildman–Crippen LogP) is 1.05. The molecule has 0 aromatic rings. The van der Waals surface area contributed by atoms with Gasteiger partial charge in [0.05, 0.1) is 0 Å². The molecule has 1 heterocycles. The molecule has 20 heavy (non-hydrogen) atoms. The summed E-state index contributed by atoms with van der Waals surface area (Å²) in [5.74, 6) is 0.0350. The van der Waals surface area contributed by atoms with Crippen LogP contribution in [0.3, 0.4) is 0 Å². The Morgan fingerprint density at radius 1 is 1.20 bits per heavy atom. The summed E-state index contributed by atoms with van der Waals surface area (Å²) in [4.78, 5) is 26.1. The fourth-order valence-corrected chi connectivity index (χ4v) is 3.04. The van der Waals surface area contributed by atoms with Crippen LogP contribution in [0, 0.1) is 5.92 Å². The van der Waals surface area contributed by atoms with Crippen LogP contribution in [0.4, 0.5) is 0 Å². The number of nitrogens with one attached hydrogen (secondary N) is 1. The molecule has 5 nitrogen and oxygen atoms in total. The summed E-state index contributed by atoms with van der Waals surface area (Å²) in [7, 11) is 0. The van der Waals surface area contributed by atoms with Gasteiger partial charge >= 0.3 is 0 Å². The minimum absolute atomic E-state index is 0. The molecule has 2 aliphatic rings. The molecule has 1 saturated heterocycles. The molecule has 2 fully saturated rings. The third-order valence-corrected chi connectivity index (χ3v) is 4.24. The third-order valence-electron chi connectivity index (χ3n) is 4.24. The van der Waals surface area contributed by atoms with Crippen LogP contribution in [0.2, 0.25) is 0 Å². The van der Waals surface area contributed by atoms with Gasteiger partial charge in [0.1, 0.15) is 6.04 Å². The van der Waals surface area contributed by atoms with Crippen molar-refractivity contribution in [3.8, 4) is 0 Å². The van der Waals surface area contributed by atoms with Gasteiger partial charge < -0.3 is 16.0 Å². The largest absolute Gasteiger partial charge is 0.344 e. The maximum Gasteiger partial charge on any atom is 0.244 e. The summed E-state index contributed by atoms with van der Waals surface area (Å²) < 4.78 is 0. The molecule has 6 heteroatoms. The fraction of sp³-hybridized carbons (Fsp3) is 0.857. The first-order valence-electron chi connectivity index (χ1n) is 7.42. The van der Waals surface area contributed by atoms with Crippen molar-refractivity contribution in [2.75, 3.05) is 13.1 Å². The molecule has 0 radical (unpaired) electrons. The Kier molecular flexibility index (Phi) is 6.76. The molecular weight excluding hydrogens is 278 g/mol. The monoisotopic (exact) mass is 303 g/mol. The van der Waals surface area contributed by atoms with Crippen molar-refractivity contribution < 1.29 is 9.59 Å². The number of nitrogens with two attached hydrogens (primary N) is 1. The topological polar surface area (TPSA) is 75.4 Å². The number of halogens is 1. The van der Waals surface area contributed by atoms with Crippen molar-refractivity contribution in [1.82, 2.24) is 10.2 Å². The van der Waals surface area contributed by atoms with E-state index in [1.54, 1.807) is 6.92 Å². The van der Waals surface area contributed by atoms with Gasteiger partial charge in [0.15, 0.2) is 0 Å². The molecule has 0 aromatic carbocycles. The number of nitrogens with zero attached hydrogens (tertiary/aromatic N) is 1. The van der Waals surface area contributed by atoms with Crippen molar-refractivity contribution in [2.24, 2.45) is 11.7 Å². The van der Waals surface area contributed by atoms with E-state index in [1.165, 1.54) is 6.42 Å². The Balaban J connectivity index is 0.00000200. The lowest BCUT2D eigenvalue weighted by molar-refractivity contribution is -0.137. The molecule has 116 valence electrons. The van der Waals surface area contributed by atoms with E-state index in [1.807, 2.05) is 4.90 Å². The van der Waals surface area contributed by atoms with Gasteiger partial charge in [0.25, 0.3) is 0 Å². The molecular formula is C14H26ClN3O2. The molecule has 0 spiro atoms. The van der Waals surface area contributed by atoms with Gasteiger partial charge in [-0.25, -0.2) is 0 Å². The zero-order valence-corrected chi connectivity index (χ0v) is 13.0. The SMILES string of the molecule is CC(NC(=O)C1CCC(N)C1)C(=O)N1CCCCC1.Cl. The lowest BCUT2D eigenvalue weighted by Crippen LogP contribution is -2.49. The van der Waals surface area contributed by atoms with Crippen molar-refractivity contribution in [3.63, 3.8) is 0 Å². The summed E-state index contributed by atoms with van der Waals surface area (Å²) in [6, 6.07) is -0.272. The van der Waals surface area contributed by atoms with Gasteiger partial charge in [-0.2, -0.15) is 0 Å². The number of hydrogen-bond donors (Lipinski definition) is 2. The number of hydrogen-bond acceptors (Lipinski definition) is 3. The summed E-state index contributed by atoms with van der Waals surface area (Å²) in [5.41, 5.74) is 5.82. The van der Waals surface area contributed by atoms with Crippen LogP contribution in [0.1, 0.15) is 45.4 Å². The zero-order chi connectivity index (χ0) is 13.8. The lowest BCUT2D eigenvalue weighted by Gasteiger charge is -2.29. The Bertz CT molecular complexity index is 345. The fourth-order valence-electron chi connectivity index (χ4n) is 3.04. The highest BCUT2D eigenvalue weighted by molar-refractivity contribution is 5.88. The van der Waals surface area contributed by atoms with E-state index in [4.69, 9.17) is 5.73 Å². The van der Waals surface area contributed by atoms with Gasteiger partial charge in [-0.05, 0) is 45.4 Å². The lowest BCUT2D eigenvalue weighted by atomic mass is 10.1. The van der Waals surface area contributed by atoms with E-state index in [-0.39, 0.29) is 36.2 Å². The molecule has 3 unspecified atom stereocenters. The van der Waals surface area contributed by atoms with Crippen LogP contribution < -0.4 is 11.1 Å². The normalized spacial score (nSPS) is 27.6. The van der Waals surface area contributed by atoms with E-state index in [0.29, 0.717) is 0 Å². The average Bonchev–Trinajstić information content (AvgIpc) is 2.85. The van der Waals surface area contributed by atoms with Crippen LogP contribution >= 0.6 is 12.4 Å². The Morgan fingerprint density at radius 3 is 2.40 bits per heavy atom. The highest BCUT2D eigenvalue weighted by atomic mass is 35.5. The maximum absolute atomic E-state index is 12.2. The second-order valence-electron chi connectivity index (χ2n) is 5.89. The number of piperidine rings is 1. The average molecular weight is 304 g/mol. The van der Waals surface area contributed by atoms with Crippen molar-refractivity contribution in [2.45, 2.75) is 57.5 Å². The molecule has 1 aliphatic heterocycles. The van der Waals surface area contributed by atoms with E-state index in [0.717, 1.165) is 45.2 Å². The van der Waals surface area contributed by atoms with Gasteiger partial charge in [0.2, 0.25) is 11.8 Å². The van der Waals surface area contributed by atoms with Crippen LogP contribution in [0.5, 0.6) is 0 Å². The molecule has 3 N–H and O–H groups in total. The minimum atomic E-state index is -0.414. The van der Waals surface area contributed by atoms with Crippen molar-refractivity contribution in [3.05, 3.63) is 0 Å². The first kappa shape index (κ1) is 17.2. The van der Waals surface area contributed by atoms with E-state index < -0.39 is 6.04 Å². The molecule has 2 rings (SSSR count). The molecule has 1 saturated carbocycles. The molecule has 0 aromatic heterocycles. The van der Waals surface area contributed by atoms with Gasteiger partial charge in [-0.15, -0.1) is 12.4 Å². The van der Waals surface area contributed by atoms with E-state index in [2.05, 4.69) is 5.32 Å². The van der Waals surface area contributed by atoms with E-state index in [9.17, 15) is 9.59 Å². The minimum Gasteiger partial charge on any atom is -0.344 e.